The molecular formula is C15H13ClN2O. The number of aryl methyl sites for hydroxylation is 2. The smallest absolute Gasteiger partial charge is 0.228 e. The van der Waals surface area contributed by atoms with Crippen LogP contribution in [0.15, 0.2) is 34.7 Å². The number of rotatable bonds is 1. The van der Waals surface area contributed by atoms with E-state index >= 15 is 0 Å². The third kappa shape index (κ3) is 2.06. The Morgan fingerprint density at radius 1 is 1.11 bits per heavy atom. The van der Waals surface area contributed by atoms with Crippen molar-refractivity contribution >= 4 is 28.4 Å². The minimum Gasteiger partial charge on any atom is -0.436 e. The molecule has 2 N–H and O–H groups in total. The molecule has 3 nitrogen and oxygen atoms in total. The van der Waals surface area contributed by atoms with Crippen LogP contribution in [0, 0.1) is 13.8 Å². The van der Waals surface area contributed by atoms with Gasteiger partial charge in [-0.1, -0.05) is 11.6 Å². The van der Waals surface area contributed by atoms with Crippen LogP contribution in [0.25, 0.3) is 22.6 Å². The Bertz CT molecular complexity index is 738. The number of hydrogen-bond donors (Lipinski definition) is 1. The maximum atomic E-state index is 6.17. The van der Waals surface area contributed by atoms with Gasteiger partial charge in [0, 0.05) is 5.69 Å². The number of anilines is 1. The minimum absolute atomic E-state index is 0.498. The molecule has 0 aliphatic heterocycles. The fraction of sp³-hybridized carbons (Fsp3) is 0.133. The summed E-state index contributed by atoms with van der Waals surface area (Å²) < 4.78 is 5.77. The van der Waals surface area contributed by atoms with Crippen LogP contribution < -0.4 is 5.73 Å². The van der Waals surface area contributed by atoms with E-state index < -0.39 is 0 Å². The second-order valence-electron chi connectivity index (χ2n) is 4.66. The first-order valence-electron chi connectivity index (χ1n) is 5.98. The predicted molar refractivity (Wildman–Crippen MR) is 78.3 cm³/mol. The van der Waals surface area contributed by atoms with Crippen molar-refractivity contribution in [1.29, 1.82) is 0 Å². The summed E-state index contributed by atoms with van der Waals surface area (Å²) in [5.41, 5.74) is 11.1. The third-order valence-corrected chi connectivity index (χ3v) is 3.55. The molecule has 3 aromatic rings. The molecular weight excluding hydrogens is 260 g/mol. The first kappa shape index (κ1) is 12.1. The second kappa shape index (κ2) is 4.28. The number of nitrogens with two attached hydrogens (primary N) is 1. The zero-order valence-electron chi connectivity index (χ0n) is 10.7. The van der Waals surface area contributed by atoms with Crippen molar-refractivity contribution in [3.63, 3.8) is 0 Å². The summed E-state index contributed by atoms with van der Waals surface area (Å²) in [5, 5.41) is 0.578. The van der Waals surface area contributed by atoms with Gasteiger partial charge in [0.1, 0.15) is 5.52 Å². The van der Waals surface area contributed by atoms with Crippen molar-refractivity contribution in [2.75, 3.05) is 5.73 Å². The average Bonchev–Trinajstić information content (AvgIpc) is 2.75. The molecule has 0 aliphatic carbocycles. The highest BCUT2D eigenvalue weighted by atomic mass is 35.5. The largest absolute Gasteiger partial charge is 0.436 e. The number of nitrogens with zero attached hydrogens (tertiary/aromatic N) is 1. The van der Waals surface area contributed by atoms with Crippen molar-refractivity contribution < 1.29 is 4.42 Å². The Labute approximate surface area is 116 Å². The molecule has 2 aromatic carbocycles. The molecule has 0 unspecified atom stereocenters. The molecule has 0 spiro atoms. The van der Waals surface area contributed by atoms with Crippen molar-refractivity contribution in [2.45, 2.75) is 13.8 Å². The van der Waals surface area contributed by atoms with Crippen LogP contribution in [-0.2, 0) is 0 Å². The highest BCUT2D eigenvalue weighted by Crippen LogP contribution is 2.32. The summed E-state index contributed by atoms with van der Waals surface area (Å²) >= 11 is 6.17. The zero-order chi connectivity index (χ0) is 13.6. The topological polar surface area (TPSA) is 52.0 Å². The lowest BCUT2D eigenvalue weighted by Gasteiger charge is -2.00. The number of aromatic nitrogens is 1. The number of nitrogen functional groups attached to an aromatic ring is 1. The quantitative estimate of drug-likeness (QED) is 0.670. The molecule has 0 saturated heterocycles. The van der Waals surface area contributed by atoms with E-state index in [1.165, 1.54) is 11.1 Å². The molecule has 0 aliphatic rings. The van der Waals surface area contributed by atoms with Gasteiger partial charge in [0.15, 0.2) is 5.58 Å². The Balaban J connectivity index is 2.23. The molecule has 96 valence electrons. The van der Waals surface area contributed by atoms with Gasteiger partial charge in [-0.05, 0) is 55.3 Å². The van der Waals surface area contributed by atoms with E-state index in [0.29, 0.717) is 22.2 Å². The SMILES string of the molecule is Cc1cc2nc(-c3cc(N)ccc3Cl)oc2cc1C. The van der Waals surface area contributed by atoms with E-state index in [0.717, 1.165) is 11.1 Å². The van der Waals surface area contributed by atoms with E-state index in [9.17, 15) is 0 Å². The lowest BCUT2D eigenvalue weighted by molar-refractivity contribution is 0.619. The van der Waals surface area contributed by atoms with Crippen LogP contribution in [0.1, 0.15) is 11.1 Å². The normalized spacial score (nSPS) is 11.1. The number of fused-ring (bicyclic) bond motifs is 1. The van der Waals surface area contributed by atoms with Crippen LogP contribution in [-0.4, -0.2) is 4.98 Å². The highest BCUT2D eigenvalue weighted by molar-refractivity contribution is 6.33. The molecule has 0 saturated carbocycles. The predicted octanol–water partition coefficient (Wildman–Crippen LogP) is 4.35. The van der Waals surface area contributed by atoms with Gasteiger partial charge in [-0.3, -0.25) is 0 Å². The van der Waals surface area contributed by atoms with Gasteiger partial charge in [-0.25, -0.2) is 4.98 Å². The average molecular weight is 273 g/mol. The van der Waals surface area contributed by atoms with Gasteiger partial charge >= 0.3 is 0 Å². The summed E-state index contributed by atoms with van der Waals surface area (Å²) in [6.45, 7) is 4.10. The van der Waals surface area contributed by atoms with Crippen LogP contribution in [0.2, 0.25) is 5.02 Å². The van der Waals surface area contributed by atoms with Crippen molar-refractivity contribution in [3.8, 4) is 11.5 Å². The maximum Gasteiger partial charge on any atom is 0.228 e. The monoisotopic (exact) mass is 272 g/mol. The van der Waals surface area contributed by atoms with Gasteiger partial charge in [0.25, 0.3) is 0 Å². The summed E-state index contributed by atoms with van der Waals surface area (Å²) in [5.74, 6) is 0.498. The molecule has 1 aromatic heterocycles. The van der Waals surface area contributed by atoms with E-state index in [1.54, 1.807) is 18.2 Å². The Hall–Kier alpha value is -2.00. The molecule has 0 fully saturated rings. The number of benzene rings is 2. The Morgan fingerprint density at radius 3 is 2.63 bits per heavy atom. The number of oxazole rings is 1. The fourth-order valence-corrected chi connectivity index (χ4v) is 2.20. The first-order chi connectivity index (χ1) is 9.04. The molecule has 0 radical (unpaired) electrons. The molecule has 19 heavy (non-hydrogen) atoms. The van der Waals surface area contributed by atoms with Crippen LogP contribution in [0.5, 0.6) is 0 Å². The number of halogens is 1. The molecule has 1 heterocycles. The van der Waals surface area contributed by atoms with Crippen LogP contribution >= 0.6 is 11.6 Å². The summed E-state index contributed by atoms with van der Waals surface area (Å²) in [4.78, 5) is 4.48. The molecule has 0 bridgehead atoms. The summed E-state index contributed by atoms with van der Waals surface area (Å²) in [6, 6.07) is 9.27. The maximum absolute atomic E-state index is 6.17. The van der Waals surface area contributed by atoms with E-state index in [-0.39, 0.29) is 0 Å². The summed E-state index contributed by atoms with van der Waals surface area (Å²) in [7, 11) is 0. The number of hydrogen-bond acceptors (Lipinski definition) is 3. The van der Waals surface area contributed by atoms with Crippen molar-refractivity contribution in [2.24, 2.45) is 0 Å². The third-order valence-electron chi connectivity index (χ3n) is 3.22. The van der Waals surface area contributed by atoms with E-state index in [1.807, 2.05) is 19.1 Å². The zero-order valence-corrected chi connectivity index (χ0v) is 11.5. The van der Waals surface area contributed by atoms with Gasteiger partial charge < -0.3 is 10.2 Å². The first-order valence-corrected chi connectivity index (χ1v) is 6.35. The van der Waals surface area contributed by atoms with Crippen LogP contribution in [0.3, 0.4) is 0 Å². The van der Waals surface area contributed by atoms with E-state index in [2.05, 4.69) is 11.9 Å². The Morgan fingerprint density at radius 2 is 1.84 bits per heavy atom. The highest BCUT2D eigenvalue weighted by Gasteiger charge is 2.12. The fourth-order valence-electron chi connectivity index (χ4n) is 2.00. The van der Waals surface area contributed by atoms with Gasteiger partial charge in [-0.2, -0.15) is 0 Å². The molecule has 0 amide bonds. The molecule has 3 rings (SSSR count). The van der Waals surface area contributed by atoms with Crippen LogP contribution in [0.4, 0.5) is 5.69 Å². The van der Waals surface area contributed by atoms with Crippen molar-refractivity contribution in [3.05, 3.63) is 46.5 Å². The molecule has 4 heteroatoms. The lowest BCUT2D eigenvalue weighted by atomic mass is 10.1. The summed E-state index contributed by atoms with van der Waals surface area (Å²) in [6.07, 6.45) is 0. The Kier molecular flexibility index (Phi) is 2.72. The van der Waals surface area contributed by atoms with E-state index in [4.69, 9.17) is 21.8 Å². The second-order valence-corrected chi connectivity index (χ2v) is 5.07. The lowest BCUT2D eigenvalue weighted by Crippen LogP contribution is -1.86. The van der Waals surface area contributed by atoms with Gasteiger partial charge in [0.05, 0.1) is 10.6 Å². The van der Waals surface area contributed by atoms with Gasteiger partial charge in [-0.15, -0.1) is 0 Å². The standard InChI is InChI=1S/C15H13ClN2O/c1-8-5-13-14(6-9(8)2)19-15(18-13)11-7-10(17)3-4-12(11)16/h3-7H,17H2,1-2H3. The van der Waals surface area contributed by atoms with Crippen molar-refractivity contribution in [1.82, 2.24) is 4.98 Å². The van der Waals surface area contributed by atoms with Gasteiger partial charge in [0.2, 0.25) is 5.89 Å². The minimum atomic E-state index is 0.498. The molecule has 0 atom stereocenters.